The predicted octanol–water partition coefficient (Wildman–Crippen LogP) is 1.23. The van der Waals surface area contributed by atoms with Gasteiger partial charge in [-0.15, -0.1) is 0 Å². The van der Waals surface area contributed by atoms with Gasteiger partial charge in [-0.1, -0.05) is 13.8 Å². The van der Waals surface area contributed by atoms with Crippen molar-refractivity contribution in [2.45, 2.75) is 76.3 Å². The Hall–Kier alpha value is -0.930. The Balaban J connectivity index is 0.000000185. The Kier molecular flexibility index (Phi) is 18.5. The molecule has 6 saturated heterocycles. The standard InChI is InChI=1S/C9H19NO2.C7H13NO2.C5H8O3.C4H8O2.C4H8O/c1-4-8(11-3)5-10(2)6-9-7-12-9;1-8(2-6-4-9-6)3-7-5-10-7;1-4(6)7-2-5-3-8-5;1-5-2-4-3-6-4;1-2-4-3-5-4/h8-9H,4-7H2,1-3H3;6-7H,2-5H2,1H3;5H,2-3H2,1H3;4H,2-3H2,1H3;4H,2-3H2,1H3. The average Bonchev–Trinajstić information content (AvgIpc) is 3.74. The second kappa shape index (κ2) is 20.9. The summed E-state index contributed by atoms with van der Waals surface area (Å²) >= 11 is 0. The highest BCUT2D eigenvalue weighted by atomic mass is 16.6. The number of rotatable bonds is 15. The molecule has 0 N–H and O–H groups in total. The number of likely N-dealkylation sites (N-methyl/N-ethyl adjacent to an activating group) is 2. The van der Waals surface area contributed by atoms with Crippen molar-refractivity contribution in [3.8, 4) is 0 Å². The van der Waals surface area contributed by atoms with E-state index >= 15 is 0 Å². The van der Waals surface area contributed by atoms with Crippen LogP contribution >= 0.6 is 0 Å². The predicted molar refractivity (Wildman–Crippen MR) is 153 cm³/mol. The van der Waals surface area contributed by atoms with E-state index in [0.29, 0.717) is 43.2 Å². The van der Waals surface area contributed by atoms with Gasteiger partial charge in [0, 0.05) is 47.3 Å². The molecule has 0 amide bonds. The van der Waals surface area contributed by atoms with Gasteiger partial charge in [0.15, 0.2) is 0 Å². The fourth-order valence-electron chi connectivity index (χ4n) is 3.46. The normalized spacial score (nSPS) is 29.6. The van der Waals surface area contributed by atoms with E-state index in [4.69, 9.17) is 37.9 Å². The van der Waals surface area contributed by atoms with Gasteiger partial charge in [-0.25, -0.2) is 0 Å². The number of carbonyl (C=O) groups is 1. The van der Waals surface area contributed by atoms with Crippen LogP contribution in [0.5, 0.6) is 0 Å². The van der Waals surface area contributed by atoms with Gasteiger partial charge in [-0.2, -0.15) is 0 Å². The second-order valence-electron chi connectivity index (χ2n) is 11.1. The van der Waals surface area contributed by atoms with Crippen LogP contribution in [0.4, 0.5) is 0 Å². The maximum atomic E-state index is 10.1. The van der Waals surface area contributed by atoms with E-state index in [9.17, 15) is 4.79 Å². The highest BCUT2D eigenvalue weighted by Crippen LogP contribution is 2.14. The Morgan fingerprint density at radius 3 is 1.39 bits per heavy atom. The van der Waals surface area contributed by atoms with Crippen molar-refractivity contribution >= 4 is 5.97 Å². The fourth-order valence-corrected chi connectivity index (χ4v) is 3.46. The summed E-state index contributed by atoms with van der Waals surface area (Å²) in [5, 5.41) is 0. The summed E-state index contributed by atoms with van der Waals surface area (Å²) in [6, 6.07) is 0. The first kappa shape index (κ1) is 36.3. The summed E-state index contributed by atoms with van der Waals surface area (Å²) in [5.41, 5.74) is 0. The first-order valence-corrected chi connectivity index (χ1v) is 15.0. The molecule has 12 heteroatoms. The van der Waals surface area contributed by atoms with Crippen molar-refractivity contribution in [1.82, 2.24) is 9.80 Å². The third kappa shape index (κ3) is 24.2. The SMILES string of the molecule is CC(=O)OCC1CO1.CCC(CN(C)CC1CO1)OC.CCC1CO1.CN(CC1CO1)CC1CO1.COCC1CO1. The molecule has 0 aromatic heterocycles. The first-order valence-electron chi connectivity index (χ1n) is 15.0. The van der Waals surface area contributed by atoms with Crippen molar-refractivity contribution in [3.63, 3.8) is 0 Å². The van der Waals surface area contributed by atoms with Crippen LogP contribution in [0, 0.1) is 0 Å². The summed E-state index contributed by atoms with van der Waals surface area (Å²) in [7, 11) is 7.68. The molecule has 7 atom stereocenters. The van der Waals surface area contributed by atoms with E-state index in [2.05, 4.69) is 42.5 Å². The topological polar surface area (TPSA) is 126 Å². The quantitative estimate of drug-likeness (QED) is 0.201. The van der Waals surface area contributed by atoms with Gasteiger partial charge in [0.2, 0.25) is 0 Å². The number of hydrogen-bond acceptors (Lipinski definition) is 12. The van der Waals surface area contributed by atoms with Crippen LogP contribution in [0.2, 0.25) is 0 Å². The van der Waals surface area contributed by atoms with Crippen molar-refractivity contribution in [2.24, 2.45) is 0 Å². The van der Waals surface area contributed by atoms with Crippen LogP contribution in [0.25, 0.3) is 0 Å². The maximum absolute atomic E-state index is 10.1. The summed E-state index contributed by atoms with van der Waals surface area (Å²) in [5.74, 6) is -0.236. The maximum Gasteiger partial charge on any atom is 0.302 e. The van der Waals surface area contributed by atoms with Crippen LogP contribution in [-0.2, 0) is 47.4 Å². The zero-order valence-electron chi connectivity index (χ0n) is 26.4. The molecule has 7 unspecified atom stereocenters. The number of esters is 1. The molecular weight excluding hydrogens is 536 g/mol. The van der Waals surface area contributed by atoms with Crippen LogP contribution in [0.3, 0.4) is 0 Å². The molecule has 41 heavy (non-hydrogen) atoms. The van der Waals surface area contributed by atoms with Gasteiger partial charge in [-0.05, 0) is 26.9 Å². The average molecular weight is 593 g/mol. The summed E-state index contributed by atoms with van der Waals surface area (Å²) in [6.07, 6.45) is 5.42. The Morgan fingerprint density at radius 2 is 1.12 bits per heavy atom. The van der Waals surface area contributed by atoms with Gasteiger partial charge < -0.3 is 52.4 Å². The molecular formula is C29H56N2O10. The molecule has 12 nitrogen and oxygen atoms in total. The summed E-state index contributed by atoms with van der Waals surface area (Å²) < 4.78 is 44.4. The Labute approximate surface area is 247 Å². The molecule has 6 rings (SSSR count). The molecule has 0 spiro atoms. The van der Waals surface area contributed by atoms with E-state index in [0.717, 1.165) is 78.8 Å². The zero-order chi connectivity index (χ0) is 30.0. The highest BCUT2D eigenvalue weighted by molar-refractivity contribution is 5.65. The third-order valence-corrected chi connectivity index (χ3v) is 6.54. The molecule has 0 saturated carbocycles. The molecule has 6 fully saturated rings. The number of carbonyl (C=O) groups excluding carboxylic acids is 1. The summed E-state index contributed by atoms with van der Waals surface area (Å²) in [4.78, 5) is 14.6. The number of nitrogens with zero attached hydrogens (tertiary/aromatic N) is 2. The monoisotopic (exact) mass is 592 g/mol. The van der Waals surface area contributed by atoms with E-state index in [1.165, 1.54) is 13.3 Å². The zero-order valence-corrected chi connectivity index (χ0v) is 26.4. The third-order valence-electron chi connectivity index (χ3n) is 6.54. The van der Waals surface area contributed by atoms with Gasteiger partial charge >= 0.3 is 5.97 Å². The van der Waals surface area contributed by atoms with Crippen LogP contribution in [-0.4, -0.2) is 166 Å². The number of hydrogen-bond donors (Lipinski definition) is 0. The molecule has 6 heterocycles. The molecule has 0 aromatic rings. The van der Waals surface area contributed by atoms with Gasteiger partial charge in [0.05, 0.1) is 76.8 Å². The van der Waals surface area contributed by atoms with Gasteiger partial charge in [0.25, 0.3) is 0 Å². The van der Waals surface area contributed by atoms with Gasteiger partial charge in [0.1, 0.15) is 18.8 Å². The van der Waals surface area contributed by atoms with E-state index in [-0.39, 0.29) is 12.1 Å². The van der Waals surface area contributed by atoms with Crippen LogP contribution in [0.1, 0.15) is 33.6 Å². The van der Waals surface area contributed by atoms with Crippen molar-refractivity contribution in [2.75, 3.05) is 107 Å². The molecule has 0 aliphatic carbocycles. The van der Waals surface area contributed by atoms with Crippen LogP contribution in [0.15, 0.2) is 0 Å². The minimum absolute atomic E-state index is 0.193. The second-order valence-corrected chi connectivity index (χ2v) is 11.1. The Morgan fingerprint density at radius 1 is 0.707 bits per heavy atom. The first-order chi connectivity index (χ1) is 19.8. The number of methoxy groups -OCH3 is 2. The van der Waals surface area contributed by atoms with E-state index < -0.39 is 0 Å². The highest BCUT2D eigenvalue weighted by Gasteiger charge is 2.29. The lowest BCUT2D eigenvalue weighted by Crippen LogP contribution is -2.32. The molecule has 242 valence electrons. The lowest BCUT2D eigenvalue weighted by Gasteiger charge is -2.21. The van der Waals surface area contributed by atoms with E-state index in [1.807, 2.05) is 0 Å². The van der Waals surface area contributed by atoms with E-state index in [1.54, 1.807) is 14.2 Å². The van der Waals surface area contributed by atoms with Crippen molar-refractivity contribution in [1.29, 1.82) is 0 Å². The minimum Gasteiger partial charge on any atom is -0.463 e. The molecule has 6 aliphatic rings. The lowest BCUT2D eigenvalue weighted by molar-refractivity contribution is -0.141. The largest absolute Gasteiger partial charge is 0.463 e. The molecule has 0 bridgehead atoms. The smallest absolute Gasteiger partial charge is 0.302 e. The van der Waals surface area contributed by atoms with Gasteiger partial charge in [-0.3, -0.25) is 4.79 Å². The molecule has 6 aliphatic heterocycles. The Bertz CT molecular complexity index is 648. The van der Waals surface area contributed by atoms with Crippen molar-refractivity contribution in [3.05, 3.63) is 0 Å². The summed E-state index contributed by atoms with van der Waals surface area (Å²) in [6.45, 7) is 16.6. The number of epoxide rings is 6. The molecule has 0 radical (unpaired) electrons. The minimum atomic E-state index is -0.236. The lowest BCUT2D eigenvalue weighted by atomic mass is 10.2. The fraction of sp³-hybridized carbons (Fsp3) is 0.966. The van der Waals surface area contributed by atoms with Crippen molar-refractivity contribution < 1.29 is 47.4 Å². The number of ether oxygens (including phenoxy) is 9. The van der Waals surface area contributed by atoms with Crippen LogP contribution < -0.4 is 0 Å². The molecule has 0 aromatic carbocycles.